The molecule has 0 aliphatic rings. The van der Waals surface area contributed by atoms with Crippen LogP contribution in [0.25, 0.3) is 10.9 Å². The monoisotopic (exact) mass is 280 g/mol. The molecule has 2 aromatic heterocycles. The van der Waals surface area contributed by atoms with E-state index in [1.165, 1.54) is 0 Å². The van der Waals surface area contributed by atoms with Crippen molar-refractivity contribution >= 4 is 22.7 Å². The second-order valence-electron chi connectivity index (χ2n) is 4.51. The third-order valence-corrected chi connectivity index (χ3v) is 3.00. The van der Waals surface area contributed by atoms with Crippen molar-refractivity contribution in [3.63, 3.8) is 0 Å². The van der Waals surface area contributed by atoms with Gasteiger partial charge in [-0.2, -0.15) is 15.2 Å². The third kappa shape index (κ3) is 3.05. The number of anilines is 2. The Kier molecular flexibility index (Phi) is 3.86. The third-order valence-electron chi connectivity index (χ3n) is 3.00. The summed E-state index contributed by atoms with van der Waals surface area (Å²) in [5.74, 6) is 1.42. The van der Waals surface area contributed by atoms with E-state index in [4.69, 9.17) is 0 Å². The summed E-state index contributed by atoms with van der Waals surface area (Å²) >= 11 is 0. The van der Waals surface area contributed by atoms with E-state index < -0.39 is 0 Å². The second kappa shape index (κ2) is 6.13. The fourth-order valence-corrected chi connectivity index (χ4v) is 2.05. The first-order chi connectivity index (χ1) is 10.4. The average Bonchev–Trinajstić information content (AvgIpc) is 2.54. The van der Waals surface area contributed by atoms with Gasteiger partial charge in [0.25, 0.3) is 0 Å². The van der Waals surface area contributed by atoms with E-state index in [1.807, 2.05) is 43.3 Å². The summed E-state index contributed by atoms with van der Waals surface area (Å²) in [7, 11) is 0. The Hall–Kier alpha value is -2.76. The van der Waals surface area contributed by atoms with Crippen molar-refractivity contribution in [2.75, 3.05) is 17.2 Å². The molecule has 106 valence electrons. The molecule has 2 N–H and O–H groups in total. The maximum absolute atomic E-state index is 4.52. The molecule has 6 nitrogen and oxygen atoms in total. The van der Waals surface area contributed by atoms with E-state index in [9.17, 15) is 0 Å². The van der Waals surface area contributed by atoms with Gasteiger partial charge >= 0.3 is 0 Å². The van der Waals surface area contributed by atoms with Gasteiger partial charge in [0.05, 0.1) is 17.8 Å². The van der Waals surface area contributed by atoms with Crippen LogP contribution in [0.5, 0.6) is 0 Å². The van der Waals surface area contributed by atoms with Crippen LogP contribution >= 0.6 is 0 Å². The molecule has 3 aromatic rings. The summed E-state index contributed by atoms with van der Waals surface area (Å²) in [5.41, 5.74) is 1.77. The number of para-hydroxylation sites is 1. The van der Waals surface area contributed by atoms with E-state index in [2.05, 4.69) is 30.8 Å². The molecule has 1 aromatic carbocycles. The predicted molar refractivity (Wildman–Crippen MR) is 83.1 cm³/mol. The number of rotatable bonds is 5. The van der Waals surface area contributed by atoms with Crippen molar-refractivity contribution in [2.24, 2.45) is 0 Å². The van der Waals surface area contributed by atoms with Crippen LogP contribution in [-0.2, 0) is 6.54 Å². The lowest BCUT2D eigenvalue weighted by atomic mass is 10.2. The molecule has 0 atom stereocenters. The molecule has 0 unspecified atom stereocenters. The lowest BCUT2D eigenvalue weighted by Crippen LogP contribution is -2.08. The number of hydrogen-bond acceptors (Lipinski definition) is 6. The minimum Gasteiger partial charge on any atom is -0.364 e. The highest BCUT2D eigenvalue weighted by Crippen LogP contribution is 2.22. The Bertz CT molecular complexity index is 729. The zero-order valence-corrected chi connectivity index (χ0v) is 11.7. The number of benzene rings is 1. The first-order valence-corrected chi connectivity index (χ1v) is 6.88. The molecular weight excluding hydrogens is 264 g/mol. The normalized spacial score (nSPS) is 10.5. The van der Waals surface area contributed by atoms with E-state index in [1.54, 1.807) is 6.20 Å². The van der Waals surface area contributed by atoms with Crippen LogP contribution in [0.1, 0.15) is 12.6 Å². The van der Waals surface area contributed by atoms with Crippen LogP contribution < -0.4 is 10.6 Å². The summed E-state index contributed by atoms with van der Waals surface area (Å²) in [5, 5.41) is 15.4. The van der Waals surface area contributed by atoms with Crippen LogP contribution in [0, 0.1) is 0 Å². The second-order valence-corrected chi connectivity index (χ2v) is 4.51. The van der Waals surface area contributed by atoms with Crippen LogP contribution in [0.4, 0.5) is 11.8 Å². The topological polar surface area (TPSA) is 75.6 Å². The molecule has 0 amide bonds. The lowest BCUT2D eigenvalue weighted by molar-refractivity contribution is 0.921. The SMILES string of the molecule is CCNc1nc(NCc2cccnn2)c2ccccc2n1. The Balaban J connectivity index is 1.92. The summed E-state index contributed by atoms with van der Waals surface area (Å²) in [6, 6.07) is 11.7. The maximum Gasteiger partial charge on any atom is 0.225 e. The van der Waals surface area contributed by atoms with E-state index >= 15 is 0 Å². The molecule has 0 spiro atoms. The van der Waals surface area contributed by atoms with E-state index in [0.29, 0.717) is 12.5 Å². The molecule has 0 radical (unpaired) electrons. The summed E-state index contributed by atoms with van der Waals surface area (Å²) in [4.78, 5) is 9.01. The number of aromatic nitrogens is 4. The van der Waals surface area contributed by atoms with Crippen LogP contribution in [-0.4, -0.2) is 26.7 Å². The molecule has 0 saturated carbocycles. The fourth-order valence-electron chi connectivity index (χ4n) is 2.05. The van der Waals surface area contributed by atoms with Crippen molar-refractivity contribution in [1.82, 2.24) is 20.2 Å². The molecular formula is C15H16N6. The molecule has 6 heteroatoms. The molecule has 3 rings (SSSR count). The molecule has 0 bridgehead atoms. The Labute approximate surface area is 122 Å². The van der Waals surface area contributed by atoms with Crippen molar-refractivity contribution in [3.8, 4) is 0 Å². The van der Waals surface area contributed by atoms with Crippen molar-refractivity contribution < 1.29 is 0 Å². The van der Waals surface area contributed by atoms with Crippen molar-refractivity contribution in [3.05, 3.63) is 48.3 Å². The number of fused-ring (bicyclic) bond motifs is 1. The highest BCUT2D eigenvalue weighted by molar-refractivity contribution is 5.89. The molecule has 2 heterocycles. The van der Waals surface area contributed by atoms with Gasteiger partial charge in [0, 0.05) is 18.1 Å². The van der Waals surface area contributed by atoms with Crippen molar-refractivity contribution in [1.29, 1.82) is 0 Å². The average molecular weight is 280 g/mol. The molecule has 0 fully saturated rings. The first kappa shape index (κ1) is 13.2. The Morgan fingerprint density at radius 1 is 1.00 bits per heavy atom. The summed E-state index contributed by atoms with van der Waals surface area (Å²) in [6.07, 6.45) is 1.66. The number of hydrogen-bond donors (Lipinski definition) is 2. The number of nitrogens with zero attached hydrogens (tertiary/aromatic N) is 4. The quantitative estimate of drug-likeness (QED) is 0.747. The smallest absolute Gasteiger partial charge is 0.225 e. The van der Waals surface area contributed by atoms with Crippen LogP contribution in [0.15, 0.2) is 42.6 Å². The maximum atomic E-state index is 4.52. The van der Waals surface area contributed by atoms with Gasteiger partial charge in [-0.25, -0.2) is 4.98 Å². The molecule has 21 heavy (non-hydrogen) atoms. The molecule has 0 saturated heterocycles. The highest BCUT2D eigenvalue weighted by Gasteiger charge is 2.07. The zero-order chi connectivity index (χ0) is 14.5. The van der Waals surface area contributed by atoms with Gasteiger partial charge in [-0.15, -0.1) is 0 Å². The van der Waals surface area contributed by atoms with Crippen LogP contribution in [0.2, 0.25) is 0 Å². The highest BCUT2D eigenvalue weighted by atomic mass is 15.2. The van der Waals surface area contributed by atoms with Crippen LogP contribution in [0.3, 0.4) is 0 Å². The minimum absolute atomic E-state index is 0.570. The zero-order valence-electron chi connectivity index (χ0n) is 11.7. The standard InChI is InChI=1S/C15H16N6/c1-2-16-15-19-13-8-4-3-7-12(13)14(20-15)17-10-11-6-5-9-18-21-11/h3-9H,2,10H2,1H3,(H2,16,17,19,20). The summed E-state index contributed by atoms with van der Waals surface area (Å²) in [6.45, 7) is 3.37. The minimum atomic E-state index is 0.570. The van der Waals surface area contributed by atoms with Gasteiger partial charge in [-0.05, 0) is 31.2 Å². The van der Waals surface area contributed by atoms with Gasteiger partial charge in [-0.1, -0.05) is 12.1 Å². The number of nitrogens with one attached hydrogen (secondary N) is 2. The summed E-state index contributed by atoms with van der Waals surface area (Å²) < 4.78 is 0. The van der Waals surface area contributed by atoms with Gasteiger partial charge in [0.2, 0.25) is 5.95 Å². The fraction of sp³-hybridized carbons (Fsp3) is 0.200. The van der Waals surface area contributed by atoms with Gasteiger partial charge in [0.1, 0.15) is 5.82 Å². The largest absolute Gasteiger partial charge is 0.364 e. The Morgan fingerprint density at radius 3 is 2.71 bits per heavy atom. The van der Waals surface area contributed by atoms with E-state index in [-0.39, 0.29) is 0 Å². The van der Waals surface area contributed by atoms with E-state index in [0.717, 1.165) is 29.0 Å². The van der Waals surface area contributed by atoms with Crippen molar-refractivity contribution in [2.45, 2.75) is 13.5 Å². The lowest BCUT2D eigenvalue weighted by Gasteiger charge is -2.10. The van der Waals surface area contributed by atoms with Gasteiger partial charge in [-0.3, -0.25) is 0 Å². The molecule has 0 aliphatic carbocycles. The Morgan fingerprint density at radius 2 is 1.90 bits per heavy atom. The predicted octanol–water partition coefficient (Wildman–Crippen LogP) is 2.46. The first-order valence-electron chi connectivity index (χ1n) is 6.88. The molecule has 0 aliphatic heterocycles. The van der Waals surface area contributed by atoms with Gasteiger partial charge in [0.15, 0.2) is 0 Å². The van der Waals surface area contributed by atoms with Gasteiger partial charge < -0.3 is 10.6 Å².